The van der Waals surface area contributed by atoms with E-state index in [0.29, 0.717) is 19.7 Å². The van der Waals surface area contributed by atoms with Crippen LogP contribution in [0.15, 0.2) is 35.8 Å². The molecule has 0 radical (unpaired) electrons. The van der Waals surface area contributed by atoms with E-state index in [1.807, 2.05) is 23.7 Å². The van der Waals surface area contributed by atoms with Gasteiger partial charge in [0, 0.05) is 50.9 Å². The molecule has 1 N–H and O–H groups in total. The van der Waals surface area contributed by atoms with Crippen molar-refractivity contribution in [3.05, 3.63) is 47.0 Å². The summed E-state index contributed by atoms with van der Waals surface area (Å²) in [4.78, 5) is 21.2. The number of nitrogens with one attached hydrogen (secondary N) is 1. The molecule has 0 saturated carbocycles. The predicted octanol–water partition coefficient (Wildman–Crippen LogP) is 2.51. The average Bonchev–Trinajstić information content (AvgIpc) is 3.23. The topological polar surface area (TPSA) is 57.7 Å². The molecule has 1 amide bonds. The summed E-state index contributed by atoms with van der Waals surface area (Å²) in [5.74, 6) is 0.0713. The van der Waals surface area contributed by atoms with Crippen LogP contribution in [0.5, 0.6) is 0 Å². The highest BCUT2D eigenvalue weighted by molar-refractivity contribution is 7.13. The summed E-state index contributed by atoms with van der Waals surface area (Å²) in [6.07, 6.45) is 2.85. The van der Waals surface area contributed by atoms with E-state index in [4.69, 9.17) is 4.74 Å². The molecule has 0 spiro atoms. The van der Waals surface area contributed by atoms with Gasteiger partial charge in [0.2, 0.25) is 5.91 Å². The molecule has 2 heterocycles. The van der Waals surface area contributed by atoms with Gasteiger partial charge in [-0.2, -0.15) is 0 Å². The molecule has 27 heavy (non-hydrogen) atoms. The number of hydrogen-bond acceptors (Lipinski definition) is 6. The summed E-state index contributed by atoms with van der Waals surface area (Å²) in [6, 6.07) is 8.13. The lowest BCUT2D eigenvalue weighted by Gasteiger charge is -2.34. The number of thiazole rings is 1. The van der Waals surface area contributed by atoms with Crippen molar-refractivity contribution in [1.82, 2.24) is 15.2 Å². The zero-order chi connectivity index (χ0) is 18.9. The van der Waals surface area contributed by atoms with Gasteiger partial charge in [0.05, 0.1) is 13.2 Å². The number of piperazine rings is 1. The summed E-state index contributed by atoms with van der Waals surface area (Å²) in [7, 11) is 0. The van der Waals surface area contributed by atoms with Crippen LogP contribution in [0.3, 0.4) is 0 Å². The van der Waals surface area contributed by atoms with Crippen LogP contribution < -0.4 is 10.2 Å². The van der Waals surface area contributed by atoms with Crippen LogP contribution in [-0.4, -0.2) is 55.1 Å². The third-order valence-electron chi connectivity index (χ3n) is 4.63. The van der Waals surface area contributed by atoms with Gasteiger partial charge in [-0.3, -0.25) is 9.69 Å². The number of rotatable bonds is 9. The average molecular weight is 389 g/mol. The van der Waals surface area contributed by atoms with Crippen LogP contribution >= 0.6 is 11.3 Å². The second kappa shape index (κ2) is 10.4. The van der Waals surface area contributed by atoms with Gasteiger partial charge in [-0.15, -0.1) is 11.3 Å². The Morgan fingerprint density at radius 2 is 2.00 bits per heavy atom. The Kier molecular flexibility index (Phi) is 7.62. The zero-order valence-electron chi connectivity index (χ0n) is 15.9. The Morgan fingerprint density at radius 1 is 1.22 bits per heavy atom. The molecule has 146 valence electrons. The van der Waals surface area contributed by atoms with Gasteiger partial charge in [-0.1, -0.05) is 31.2 Å². The van der Waals surface area contributed by atoms with Crippen molar-refractivity contribution in [2.75, 3.05) is 44.2 Å². The van der Waals surface area contributed by atoms with Crippen molar-refractivity contribution >= 4 is 22.4 Å². The minimum atomic E-state index is 0.0713. The van der Waals surface area contributed by atoms with Crippen LogP contribution in [-0.2, 0) is 22.7 Å². The maximum atomic E-state index is 12.4. The van der Waals surface area contributed by atoms with E-state index in [-0.39, 0.29) is 5.91 Å². The Hall–Kier alpha value is -1.96. The summed E-state index contributed by atoms with van der Waals surface area (Å²) in [5, 5.41) is 6.13. The van der Waals surface area contributed by atoms with Gasteiger partial charge in [-0.25, -0.2) is 4.98 Å². The Balaban J connectivity index is 1.41. The Morgan fingerprint density at radius 3 is 2.70 bits per heavy atom. The van der Waals surface area contributed by atoms with Crippen LogP contribution in [0.25, 0.3) is 0 Å². The highest BCUT2D eigenvalue weighted by atomic mass is 32.1. The van der Waals surface area contributed by atoms with Crippen molar-refractivity contribution in [3.63, 3.8) is 0 Å². The van der Waals surface area contributed by atoms with E-state index >= 15 is 0 Å². The molecule has 1 aliphatic heterocycles. The number of nitrogens with zero attached hydrogens (tertiary/aromatic N) is 3. The fourth-order valence-corrected chi connectivity index (χ4v) is 3.82. The molecule has 0 bridgehead atoms. The van der Waals surface area contributed by atoms with Gasteiger partial charge in [-0.05, 0) is 17.5 Å². The van der Waals surface area contributed by atoms with Gasteiger partial charge in [0.15, 0.2) is 5.13 Å². The number of carbonyl (C=O) groups is 1. The van der Waals surface area contributed by atoms with Crippen molar-refractivity contribution < 1.29 is 9.53 Å². The summed E-state index contributed by atoms with van der Waals surface area (Å²) >= 11 is 1.67. The first-order valence-corrected chi connectivity index (χ1v) is 10.4. The molecule has 0 unspecified atom stereocenters. The van der Waals surface area contributed by atoms with Crippen LogP contribution in [0.1, 0.15) is 24.5 Å². The van der Waals surface area contributed by atoms with Crippen molar-refractivity contribution in [3.8, 4) is 0 Å². The lowest BCUT2D eigenvalue weighted by Crippen LogP contribution is -2.49. The fraction of sp³-hybridized carbons (Fsp3) is 0.500. The van der Waals surface area contributed by atoms with Crippen molar-refractivity contribution in [1.29, 1.82) is 0 Å². The highest BCUT2D eigenvalue weighted by Gasteiger charge is 2.20. The lowest BCUT2D eigenvalue weighted by molar-refractivity contribution is -0.122. The monoisotopic (exact) mass is 388 g/mol. The van der Waals surface area contributed by atoms with Crippen molar-refractivity contribution in [2.45, 2.75) is 26.5 Å². The summed E-state index contributed by atoms with van der Waals surface area (Å²) < 4.78 is 5.65. The first kappa shape index (κ1) is 19.8. The van der Waals surface area contributed by atoms with Crippen LogP contribution in [0, 0.1) is 0 Å². The first-order valence-electron chi connectivity index (χ1n) is 9.54. The molecule has 6 nitrogen and oxygen atoms in total. The van der Waals surface area contributed by atoms with E-state index in [2.05, 4.69) is 39.2 Å². The first-order chi connectivity index (χ1) is 13.3. The second-order valence-corrected chi connectivity index (χ2v) is 7.55. The number of carbonyl (C=O) groups excluding carboxylic acids is 1. The fourth-order valence-electron chi connectivity index (χ4n) is 3.12. The zero-order valence-corrected chi connectivity index (χ0v) is 16.7. The maximum Gasteiger partial charge on any atom is 0.234 e. The van der Waals surface area contributed by atoms with E-state index in [1.165, 1.54) is 0 Å². The molecule has 2 aromatic rings. The van der Waals surface area contributed by atoms with Crippen molar-refractivity contribution in [2.24, 2.45) is 0 Å². The van der Waals surface area contributed by atoms with Gasteiger partial charge < -0.3 is 15.0 Å². The number of benzene rings is 1. The molecule has 1 aromatic heterocycles. The van der Waals surface area contributed by atoms with E-state index < -0.39 is 0 Å². The smallest absolute Gasteiger partial charge is 0.234 e. The van der Waals surface area contributed by atoms with Gasteiger partial charge in [0.25, 0.3) is 0 Å². The largest absolute Gasteiger partial charge is 0.377 e. The van der Waals surface area contributed by atoms with E-state index in [1.54, 1.807) is 11.3 Å². The van der Waals surface area contributed by atoms with Crippen LogP contribution in [0.2, 0.25) is 0 Å². The minimum absolute atomic E-state index is 0.0713. The van der Waals surface area contributed by atoms with E-state index in [0.717, 1.165) is 55.5 Å². The number of anilines is 1. The standard InChI is InChI=1S/C20H28N4O2S/c1-2-12-26-16-18-6-4-3-5-17(18)14-22-19(25)15-23-8-10-24(11-9-23)20-21-7-13-27-20/h3-7,13H,2,8-12,14-16H2,1H3,(H,22,25). The van der Waals surface area contributed by atoms with Gasteiger partial charge in [0.1, 0.15) is 0 Å². The maximum absolute atomic E-state index is 12.4. The number of hydrogen-bond donors (Lipinski definition) is 1. The number of aromatic nitrogens is 1. The molecule has 0 atom stereocenters. The van der Waals surface area contributed by atoms with Crippen LogP contribution in [0.4, 0.5) is 5.13 Å². The van der Waals surface area contributed by atoms with E-state index in [9.17, 15) is 4.79 Å². The van der Waals surface area contributed by atoms with Gasteiger partial charge >= 0.3 is 0 Å². The SMILES string of the molecule is CCCOCc1ccccc1CNC(=O)CN1CCN(c2nccs2)CC1. The number of amides is 1. The predicted molar refractivity (Wildman–Crippen MR) is 109 cm³/mol. The third kappa shape index (κ3) is 6.02. The third-order valence-corrected chi connectivity index (χ3v) is 5.46. The normalized spacial score (nSPS) is 15.1. The summed E-state index contributed by atoms with van der Waals surface area (Å²) in [5.41, 5.74) is 2.26. The molecule has 3 rings (SSSR count). The second-order valence-electron chi connectivity index (χ2n) is 6.68. The number of ether oxygens (including phenoxy) is 1. The summed E-state index contributed by atoms with van der Waals surface area (Å²) in [6.45, 7) is 8.04. The molecule has 1 aliphatic rings. The Labute approximate surface area is 165 Å². The molecule has 7 heteroatoms. The Bertz CT molecular complexity index is 700. The molecular formula is C20H28N4O2S. The quantitative estimate of drug-likeness (QED) is 0.669. The molecule has 1 saturated heterocycles. The minimum Gasteiger partial charge on any atom is -0.377 e. The molecule has 1 fully saturated rings. The molecular weight excluding hydrogens is 360 g/mol. The lowest BCUT2D eigenvalue weighted by atomic mass is 10.1. The molecule has 0 aliphatic carbocycles. The molecule has 1 aromatic carbocycles. The highest BCUT2D eigenvalue weighted by Crippen LogP contribution is 2.18.